The van der Waals surface area contributed by atoms with Crippen molar-refractivity contribution in [3.8, 4) is 11.4 Å². The molecule has 1 amide bonds. The molecular weight excluding hydrogens is 444 g/mol. The summed E-state index contributed by atoms with van der Waals surface area (Å²) >= 11 is 0. The molecule has 2 fully saturated rings. The van der Waals surface area contributed by atoms with Crippen LogP contribution in [0.4, 0.5) is 17.3 Å². The Balaban J connectivity index is 1.40. The number of ether oxygens (including phenoxy) is 1. The first-order valence-corrected chi connectivity index (χ1v) is 12.1. The van der Waals surface area contributed by atoms with Gasteiger partial charge in [0, 0.05) is 54.3 Å². The van der Waals surface area contributed by atoms with Gasteiger partial charge >= 0.3 is 0 Å². The van der Waals surface area contributed by atoms with E-state index in [-0.39, 0.29) is 11.8 Å². The van der Waals surface area contributed by atoms with Gasteiger partial charge in [-0.3, -0.25) is 4.79 Å². The number of anilines is 3. The van der Waals surface area contributed by atoms with Gasteiger partial charge in [0.05, 0.1) is 25.1 Å². The number of hydrogen-bond donors (Lipinski definition) is 2. The van der Waals surface area contributed by atoms with Gasteiger partial charge in [-0.25, -0.2) is 19.5 Å². The second kappa shape index (κ2) is 8.77. The predicted molar refractivity (Wildman–Crippen MR) is 135 cm³/mol. The third kappa shape index (κ3) is 4.14. The van der Waals surface area contributed by atoms with Crippen LogP contribution in [0.3, 0.4) is 0 Å². The topological polar surface area (TPSA) is 110 Å². The minimum Gasteiger partial charge on any atom is -0.378 e. The summed E-state index contributed by atoms with van der Waals surface area (Å²) in [5, 5.41) is 12.8. The minimum atomic E-state index is 0.0216. The fraction of sp³-hybridized carbons (Fsp3) is 0.400. The second-order valence-electron chi connectivity index (χ2n) is 9.20. The van der Waals surface area contributed by atoms with E-state index < -0.39 is 0 Å². The van der Waals surface area contributed by atoms with Gasteiger partial charge < -0.3 is 20.3 Å². The van der Waals surface area contributed by atoms with E-state index in [0.717, 1.165) is 72.8 Å². The van der Waals surface area contributed by atoms with Crippen LogP contribution in [-0.4, -0.2) is 63.3 Å². The van der Waals surface area contributed by atoms with Gasteiger partial charge in [-0.05, 0) is 37.5 Å². The molecule has 2 N–H and O–H groups in total. The van der Waals surface area contributed by atoms with E-state index in [9.17, 15) is 4.79 Å². The van der Waals surface area contributed by atoms with Crippen LogP contribution in [0, 0.1) is 11.8 Å². The van der Waals surface area contributed by atoms with Crippen LogP contribution in [0.5, 0.6) is 0 Å². The maximum Gasteiger partial charge on any atom is 0.228 e. The Morgan fingerprint density at radius 1 is 1.17 bits per heavy atom. The van der Waals surface area contributed by atoms with Crippen LogP contribution in [-0.2, 0) is 9.53 Å². The maximum atomic E-state index is 12.5. The molecular formula is C25H28N8O2. The SMILES string of the molecule is CCNc1ncc(-c2nc3ccc(N4CCOCC4)cn3n2)c2cc(NC(=O)[C@H]3C[C@H]3C)ncc12. The number of aromatic nitrogens is 5. The van der Waals surface area contributed by atoms with Gasteiger partial charge in [-0.2, -0.15) is 0 Å². The molecule has 4 aromatic heterocycles. The summed E-state index contributed by atoms with van der Waals surface area (Å²) in [6.07, 6.45) is 6.47. The van der Waals surface area contributed by atoms with Gasteiger partial charge in [0.15, 0.2) is 11.5 Å². The van der Waals surface area contributed by atoms with Crippen molar-refractivity contribution in [2.45, 2.75) is 20.3 Å². The molecule has 4 aromatic rings. The Kier molecular flexibility index (Phi) is 5.44. The first-order chi connectivity index (χ1) is 17.1. The van der Waals surface area contributed by atoms with Crippen LogP contribution in [0.1, 0.15) is 20.3 Å². The quantitative estimate of drug-likeness (QED) is 0.440. The zero-order valence-electron chi connectivity index (χ0n) is 19.9. The average Bonchev–Trinajstić information content (AvgIpc) is 3.47. The van der Waals surface area contributed by atoms with Crippen LogP contribution in [0.15, 0.2) is 36.8 Å². The highest BCUT2D eigenvalue weighted by Crippen LogP contribution is 2.39. The monoisotopic (exact) mass is 472 g/mol. The molecule has 0 unspecified atom stereocenters. The normalized spacial score (nSPS) is 19.8. The highest BCUT2D eigenvalue weighted by Gasteiger charge is 2.39. The maximum absolute atomic E-state index is 12.5. The van der Waals surface area contributed by atoms with Crippen molar-refractivity contribution in [3.05, 3.63) is 36.8 Å². The molecule has 2 aliphatic rings. The molecule has 0 spiro atoms. The van der Waals surface area contributed by atoms with Crippen LogP contribution < -0.4 is 15.5 Å². The molecule has 10 heteroatoms. The zero-order valence-corrected chi connectivity index (χ0v) is 19.9. The molecule has 35 heavy (non-hydrogen) atoms. The third-order valence-corrected chi connectivity index (χ3v) is 6.75. The average molecular weight is 473 g/mol. The largest absolute Gasteiger partial charge is 0.378 e. The molecule has 5 heterocycles. The number of carbonyl (C=O) groups is 1. The van der Waals surface area contributed by atoms with Crippen molar-refractivity contribution in [2.75, 3.05) is 48.4 Å². The lowest BCUT2D eigenvalue weighted by molar-refractivity contribution is -0.117. The van der Waals surface area contributed by atoms with Crippen molar-refractivity contribution in [2.24, 2.45) is 11.8 Å². The second-order valence-corrected chi connectivity index (χ2v) is 9.20. The number of rotatable bonds is 6. The zero-order chi connectivity index (χ0) is 23.9. The molecule has 1 saturated heterocycles. The summed E-state index contributed by atoms with van der Waals surface area (Å²) in [5.41, 5.74) is 2.63. The molecule has 2 atom stereocenters. The van der Waals surface area contributed by atoms with Gasteiger partial charge in [-0.15, -0.1) is 5.10 Å². The smallest absolute Gasteiger partial charge is 0.228 e. The number of hydrogen-bond acceptors (Lipinski definition) is 8. The Bertz CT molecular complexity index is 1410. The van der Waals surface area contributed by atoms with Crippen molar-refractivity contribution in [3.63, 3.8) is 0 Å². The Hall–Kier alpha value is -3.79. The summed E-state index contributed by atoms with van der Waals surface area (Å²) in [6.45, 7) is 8.01. The van der Waals surface area contributed by atoms with E-state index in [0.29, 0.717) is 17.6 Å². The van der Waals surface area contributed by atoms with Crippen LogP contribution >= 0.6 is 0 Å². The summed E-state index contributed by atoms with van der Waals surface area (Å²) in [6, 6.07) is 5.94. The number of nitrogens with zero attached hydrogens (tertiary/aromatic N) is 6. The molecule has 1 aliphatic carbocycles. The molecule has 180 valence electrons. The third-order valence-electron chi connectivity index (χ3n) is 6.75. The van der Waals surface area contributed by atoms with Crippen LogP contribution in [0.25, 0.3) is 27.8 Å². The van der Waals surface area contributed by atoms with Crippen molar-refractivity contribution in [1.82, 2.24) is 24.6 Å². The first kappa shape index (κ1) is 21.7. The van der Waals surface area contributed by atoms with Gasteiger partial charge in [0.25, 0.3) is 0 Å². The predicted octanol–water partition coefficient (Wildman–Crippen LogP) is 3.20. The molecule has 0 radical (unpaired) electrons. The summed E-state index contributed by atoms with van der Waals surface area (Å²) < 4.78 is 7.28. The molecule has 10 nitrogen and oxygen atoms in total. The molecule has 0 aromatic carbocycles. The number of pyridine rings is 3. The standard InChI is InChI=1S/C25H28N8O2/c1-3-26-23-19-12-27-21(29-25(34)17-10-15(17)2)11-18(19)20(13-28-23)24-30-22-5-4-16(14-33(22)31-24)32-6-8-35-9-7-32/h4-5,11-15,17H,3,6-10H2,1-2H3,(H,26,28)(H,27,29,34)/t15-,17+/m1/s1. The van der Waals surface area contributed by atoms with E-state index in [2.05, 4.69) is 38.5 Å². The minimum absolute atomic E-state index is 0.0216. The number of morpholine rings is 1. The van der Waals surface area contributed by atoms with Gasteiger partial charge in [-0.1, -0.05) is 6.92 Å². The van der Waals surface area contributed by atoms with E-state index in [1.807, 2.05) is 29.8 Å². The van der Waals surface area contributed by atoms with Crippen LogP contribution in [0.2, 0.25) is 0 Å². The Morgan fingerprint density at radius 2 is 2.00 bits per heavy atom. The summed E-state index contributed by atoms with van der Waals surface area (Å²) in [4.78, 5) is 28.7. The van der Waals surface area contributed by atoms with Crippen molar-refractivity contribution >= 4 is 39.6 Å². The molecule has 0 bridgehead atoms. The Labute approximate surface area is 202 Å². The lowest BCUT2D eigenvalue weighted by Gasteiger charge is -2.28. The van der Waals surface area contributed by atoms with E-state index >= 15 is 0 Å². The first-order valence-electron chi connectivity index (χ1n) is 12.1. The number of nitrogens with one attached hydrogen (secondary N) is 2. The molecule has 1 aliphatic heterocycles. The van der Waals surface area contributed by atoms with E-state index in [1.165, 1.54) is 0 Å². The van der Waals surface area contributed by atoms with Gasteiger partial charge in [0.1, 0.15) is 11.6 Å². The fourth-order valence-electron chi connectivity index (χ4n) is 4.59. The molecule has 1 saturated carbocycles. The van der Waals surface area contributed by atoms with E-state index in [4.69, 9.17) is 14.8 Å². The highest BCUT2D eigenvalue weighted by atomic mass is 16.5. The number of amides is 1. The lowest BCUT2D eigenvalue weighted by atomic mass is 10.1. The molecule has 6 rings (SSSR count). The van der Waals surface area contributed by atoms with Crippen molar-refractivity contribution in [1.29, 1.82) is 0 Å². The Morgan fingerprint density at radius 3 is 2.77 bits per heavy atom. The summed E-state index contributed by atoms with van der Waals surface area (Å²) in [5.74, 6) is 2.36. The summed E-state index contributed by atoms with van der Waals surface area (Å²) in [7, 11) is 0. The van der Waals surface area contributed by atoms with E-state index in [1.54, 1.807) is 12.4 Å². The number of carbonyl (C=O) groups excluding carboxylic acids is 1. The highest BCUT2D eigenvalue weighted by molar-refractivity contribution is 6.03. The number of fused-ring (bicyclic) bond motifs is 2. The van der Waals surface area contributed by atoms with Crippen molar-refractivity contribution < 1.29 is 9.53 Å². The fourth-order valence-corrected chi connectivity index (χ4v) is 4.59. The lowest BCUT2D eigenvalue weighted by Crippen LogP contribution is -2.36. The van der Waals surface area contributed by atoms with Gasteiger partial charge in [0.2, 0.25) is 5.91 Å².